The van der Waals surface area contributed by atoms with Crippen molar-refractivity contribution in [3.8, 4) is 0 Å². The first-order valence-corrected chi connectivity index (χ1v) is 7.20. The molecule has 1 unspecified atom stereocenters. The Bertz CT molecular complexity index is 418. The minimum Gasteiger partial charge on any atom is -0.394 e. The first kappa shape index (κ1) is 13.8. The van der Waals surface area contributed by atoms with Crippen molar-refractivity contribution < 1.29 is 5.11 Å². The van der Waals surface area contributed by atoms with E-state index in [4.69, 9.17) is 0 Å². The van der Waals surface area contributed by atoms with Crippen molar-refractivity contribution in [2.75, 3.05) is 31.6 Å². The molecule has 1 aromatic carbocycles. The molecule has 1 saturated heterocycles. The van der Waals surface area contributed by atoms with E-state index < -0.39 is 0 Å². The normalized spacial score (nSPS) is 24.3. The first-order chi connectivity index (χ1) is 8.60. The number of likely N-dealkylation sites (N-methyl/N-ethyl adjacent to an activating group) is 1. The van der Waals surface area contributed by atoms with Gasteiger partial charge in [0.25, 0.3) is 0 Å². The molecule has 0 amide bonds. The molecular formula is C14H21BrN2O. The van der Waals surface area contributed by atoms with Gasteiger partial charge in [-0.2, -0.15) is 0 Å². The molecule has 2 rings (SSSR count). The number of piperidine rings is 1. The van der Waals surface area contributed by atoms with Crippen LogP contribution in [0, 0.1) is 6.92 Å². The highest BCUT2D eigenvalue weighted by atomic mass is 79.9. The number of aliphatic hydroxyl groups is 1. The lowest BCUT2D eigenvalue weighted by Crippen LogP contribution is -2.58. The molecule has 100 valence electrons. The Morgan fingerprint density at radius 1 is 1.50 bits per heavy atom. The number of aliphatic hydroxyl groups excluding tert-OH is 1. The third-order valence-electron chi connectivity index (χ3n) is 3.91. The number of aryl methyl sites for hydroxylation is 1. The van der Waals surface area contributed by atoms with Crippen LogP contribution in [0.3, 0.4) is 0 Å². The van der Waals surface area contributed by atoms with Gasteiger partial charge in [0.15, 0.2) is 0 Å². The molecule has 0 aromatic heterocycles. The van der Waals surface area contributed by atoms with Crippen LogP contribution in [0.1, 0.15) is 18.4 Å². The zero-order chi connectivity index (χ0) is 13.2. The Labute approximate surface area is 117 Å². The summed E-state index contributed by atoms with van der Waals surface area (Å²) in [5.74, 6) is 0. The van der Waals surface area contributed by atoms with Gasteiger partial charge in [0.2, 0.25) is 0 Å². The largest absolute Gasteiger partial charge is 0.394 e. The highest BCUT2D eigenvalue weighted by molar-refractivity contribution is 9.10. The van der Waals surface area contributed by atoms with Crippen molar-refractivity contribution in [3.63, 3.8) is 0 Å². The Morgan fingerprint density at radius 3 is 2.89 bits per heavy atom. The Kier molecular flexibility index (Phi) is 4.30. The lowest BCUT2D eigenvalue weighted by atomic mass is 9.89. The molecule has 1 aromatic rings. The summed E-state index contributed by atoms with van der Waals surface area (Å²) in [6.07, 6.45) is 2.14. The van der Waals surface area contributed by atoms with Gasteiger partial charge in [0.05, 0.1) is 12.1 Å². The van der Waals surface area contributed by atoms with Gasteiger partial charge in [-0.15, -0.1) is 0 Å². The molecule has 0 bridgehead atoms. The predicted molar refractivity (Wildman–Crippen MR) is 79.2 cm³/mol. The van der Waals surface area contributed by atoms with Gasteiger partial charge in [0.1, 0.15) is 0 Å². The quantitative estimate of drug-likeness (QED) is 0.899. The molecule has 1 fully saturated rings. The van der Waals surface area contributed by atoms with Crippen molar-refractivity contribution in [2.24, 2.45) is 0 Å². The van der Waals surface area contributed by atoms with Gasteiger partial charge < -0.3 is 15.3 Å². The lowest BCUT2D eigenvalue weighted by Gasteiger charge is -2.43. The van der Waals surface area contributed by atoms with E-state index in [0.29, 0.717) is 0 Å². The van der Waals surface area contributed by atoms with Crippen LogP contribution in [0.4, 0.5) is 5.69 Å². The minimum absolute atomic E-state index is 0.155. The zero-order valence-electron chi connectivity index (χ0n) is 11.0. The van der Waals surface area contributed by atoms with Crippen molar-refractivity contribution in [1.29, 1.82) is 0 Å². The zero-order valence-corrected chi connectivity index (χ0v) is 12.6. The fraction of sp³-hybridized carbons (Fsp3) is 0.571. The summed E-state index contributed by atoms with van der Waals surface area (Å²) in [5.41, 5.74) is 2.39. The minimum atomic E-state index is -0.155. The molecular weight excluding hydrogens is 292 g/mol. The van der Waals surface area contributed by atoms with Crippen molar-refractivity contribution in [1.82, 2.24) is 5.32 Å². The van der Waals surface area contributed by atoms with Crippen molar-refractivity contribution in [3.05, 3.63) is 28.2 Å². The number of halogens is 1. The second-order valence-electron chi connectivity index (χ2n) is 5.14. The second-order valence-corrected chi connectivity index (χ2v) is 6.06. The summed E-state index contributed by atoms with van der Waals surface area (Å²) in [7, 11) is 1.94. The SMILES string of the molecule is CNC1(CO)CCCN(c2ccc(Br)cc2C)C1. The number of nitrogens with one attached hydrogen (secondary N) is 1. The van der Waals surface area contributed by atoms with Crippen LogP contribution in [0.15, 0.2) is 22.7 Å². The molecule has 1 aliphatic heterocycles. The molecule has 1 aliphatic rings. The topological polar surface area (TPSA) is 35.5 Å². The number of nitrogens with zero attached hydrogens (tertiary/aromatic N) is 1. The molecule has 0 saturated carbocycles. The summed E-state index contributed by atoms with van der Waals surface area (Å²) in [6, 6.07) is 6.38. The monoisotopic (exact) mass is 312 g/mol. The van der Waals surface area contributed by atoms with Crippen LogP contribution in [-0.4, -0.2) is 37.4 Å². The summed E-state index contributed by atoms with van der Waals surface area (Å²) in [4.78, 5) is 2.37. The fourth-order valence-electron chi connectivity index (χ4n) is 2.72. The van der Waals surface area contributed by atoms with Gasteiger partial charge in [-0.05, 0) is 50.6 Å². The summed E-state index contributed by atoms with van der Waals surface area (Å²) in [5, 5.41) is 12.9. The summed E-state index contributed by atoms with van der Waals surface area (Å²) >= 11 is 3.50. The summed E-state index contributed by atoms with van der Waals surface area (Å²) < 4.78 is 1.11. The smallest absolute Gasteiger partial charge is 0.0630 e. The van der Waals surface area contributed by atoms with Gasteiger partial charge in [0, 0.05) is 23.2 Å². The molecule has 1 heterocycles. The number of anilines is 1. The van der Waals surface area contributed by atoms with Gasteiger partial charge in [-0.3, -0.25) is 0 Å². The molecule has 0 radical (unpaired) electrons. The van der Waals surface area contributed by atoms with E-state index in [1.54, 1.807) is 0 Å². The van der Waals surface area contributed by atoms with Crippen LogP contribution in [0.25, 0.3) is 0 Å². The Balaban J connectivity index is 2.23. The highest BCUT2D eigenvalue weighted by Crippen LogP contribution is 2.29. The third-order valence-corrected chi connectivity index (χ3v) is 4.40. The molecule has 4 heteroatoms. The van der Waals surface area contributed by atoms with E-state index in [1.807, 2.05) is 7.05 Å². The van der Waals surface area contributed by atoms with Crippen molar-refractivity contribution in [2.45, 2.75) is 25.3 Å². The van der Waals surface area contributed by atoms with Crippen LogP contribution >= 0.6 is 15.9 Å². The van der Waals surface area contributed by atoms with E-state index >= 15 is 0 Å². The van der Waals surface area contributed by atoms with Gasteiger partial charge >= 0.3 is 0 Å². The number of hydrogen-bond acceptors (Lipinski definition) is 3. The fourth-order valence-corrected chi connectivity index (χ4v) is 3.20. The number of hydrogen-bond donors (Lipinski definition) is 2. The maximum absolute atomic E-state index is 9.62. The Hall–Kier alpha value is -0.580. The average Bonchev–Trinajstić information content (AvgIpc) is 2.38. The van der Waals surface area contributed by atoms with E-state index in [0.717, 1.165) is 30.4 Å². The first-order valence-electron chi connectivity index (χ1n) is 6.41. The van der Waals surface area contributed by atoms with Gasteiger partial charge in [-0.1, -0.05) is 15.9 Å². The van der Waals surface area contributed by atoms with E-state index in [9.17, 15) is 5.11 Å². The van der Waals surface area contributed by atoms with Crippen LogP contribution < -0.4 is 10.2 Å². The maximum Gasteiger partial charge on any atom is 0.0630 e. The van der Waals surface area contributed by atoms with Crippen LogP contribution in [-0.2, 0) is 0 Å². The van der Waals surface area contributed by atoms with Gasteiger partial charge in [-0.25, -0.2) is 0 Å². The molecule has 0 aliphatic carbocycles. The summed E-state index contributed by atoms with van der Waals surface area (Å²) in [6.45, 7) is 4.25. The highest BCUT2D eigenvalue weighted by Gasteiger charge is 2.33. The van der Waals surface area contributed by atoms with E-state index in [1.165, 1.54) is 11.3 Å². The Morgan fingerprint density at radius 2 is 2.28 bits per heavy atom. The average molecular weight is 313 g/mol. The van der Waals surface area contributed by atoms with Crippen LogP contribution in [0.5, 0.6) is 0 Å². The maximum atomic E-state index is 9.62. The second kappa shape index (κ2) is 5.59. The van der Waals surface area contributed by atoms with E-state index in [-0.39, 0.29) is 12.1 Å². The third kappa shape index (κ3) is 2.71. The molecule has 2 N–H and O–H groups in total. The predicted octanol–water partition coefficient (Wildman–Crippen LogP) is 2.31. The lowest BCUT2D eigenvalue weighted by molar-refractivity contribution is 0.149. The van der Waals surface area contributed by atoms with Crippen LogP contribution in [0.2, 0.25) is 0 Å². The molecule has 0 spiro atoms. The molecule has 1 atom stereocenters. The number of benzene rings is 1. The van der Waals surface area contributed by atoms with E-state index in [2.05, 4.69) is 51.3 Å². The van der Waals surface area contributed by atoms with Crippen molar-refractivity contribution >= 4 is 21.6 Å². The number of rotatable bonds is 3. The molecule has 18 heavy (non-hydrogen) atoms. The standard InChI is InChI=1S/C14H21BrN2O/c1-11-8-12(15)4-5-13(11)17-7-3-6-14(9-17,10-18)16-2/h4-5,8,16,18H,3,6-7,9-10H2,1-2H3. The molecule has 3 nitrogen and oxygen atoms in total.